The summed E-state index contributed by atoms with van der Waals surface area (Å²) in [5.41, 5.74) is 1.65. The first-order valence-electron chi connectivity index (χ1n) is 15.1. The van der Waals surface area contributed by atoms with Gasteiger partial charge in [-0.05, 0) is 30.0 Å². The van der Waals surface area contributed by atoms with Gasteiger partial charge >= 0.3 is 6.03 Å². The van der Waals surface area contributed by atoms with Crippen LogP contribution in [0, 0.1) is 0 Å². The molecule has 232 valence electrons. The maximum absolute atomic E-state index is 13.4. The molecule has 2 aromatic carbocycles. The number of piperazine rings is 1. The molecule has 0 saturated carbocycles. The van der Waals surface area contributed by atoms with Gasteiger partial charge in [0, 0.05) is 58.2 Å². The molecule has 2 fully saturated rings. The van der Waals surface area contributed by atoms with E-state index in [0.717, 1.165) is 10.5 Å². The predicted molar refractivity (Wildman–Crippen MR) is 162 cm³/mol. The number of likely N-dealkylation sites (tertiary alicyclic amines) is 1. The Morgan fingerprint density at radius 3 is 2.16 bits per heavy atom. The Labute approximate surface area is 259 Å². The van der Waals surface area contributed by atoms with E-state index in [9.17, 15) is 33.9 Å². The van der Waals surface area contributed by atoms with Gasteiger partial charge in [0.15, 0.2) is 5.78 Å². The van der Waals surface area contributed by atoms with Gasteiger partial charge < -0.3 is 10.0 Å². The first kappa shape index (κ1) is 30.1. The first-order chi connectivity index (χ1) is 21.7. The van der Waals surface area contributed by atoms with Gasteiger partial charge in [0.25, 0.3) is 17.7 Å². The molecule has 0 aromatic heterocycles. The van der Waals surface area contributed by atoms with E-state index >= 15 is 0 Å². The third kappa shape index (κ3) is 5.80. The van der Waals surface area contributed by atoms with Gasteiger partial charge in [-0.15, -0.1) is 0 Å². The molecule has 4 aliphatic rings. The van der Waals surface area contributed by atoms with E-state index in [1.165, 1.54) is 23.2 Å². The lowest BCUT2D eigenvalue weighted by Gasteiger charge is -2.39. The number of hydrogen-bond acceptors (Lipinski definition) is 9. The Morgan fingerprint density at radius 1 is 0.867 bits per heavy atom. The zero-order valence-corrected chi connectivity index (χ0v) is 24.6. The molecule has 0 radical (unpaired) electrons. The zero-order chi connectivity index (χ0) is 31.7. The van der Waals surface area contributed by atoms with E-state index in [2.05, 4.69) is 9.89 Å². The van der Waals surface area contributed by atoms with Crippen LogP contribution in [0.5, 0.6) is 0 Å². The molecule has 2 unspecified atom stereocenters. The van der Waals surface area contributed by atoms with Crippen molar-refractivity contribution < 1.29 is 33.9 Å². The third-order valence-electron chi connectivity index (χ3n) is 8.88. The lowest BCUT2D eigenvalue weighted by atomic mass is 9.83. The van der Waals surface area contributed by atoms with Crippen molar-refractivity contribution >= 4 is 41.7 Å². The highest BCUT2D eigenvalue weighted by atomic mass is 16.3. The van der Waals surface area contributed by atoms with Crippen molar-refractivity contribution in [1.29, 1.82) is 0 Å². The normalized spacial score (nSPS) is 23.0. The lowest BCUT2D eigenvalue weighted by molar-refractivity contribution is -0.148. The van der Waals surface area contributed by atoms with Crippen molar-refractivity contribution in [3.8, 4) is 0 Å². The van der Waals surface area contributed by atoms with E-state index in [0.29, 0.717) is 43.9 Å². The number of hydrogen-bond donors (Lipinski definition) is 1. The smallest absolute Gasteiger partial charge is 0.333 e. The topological polar surface area (TPSA) is 148 Å². The van der Waals surface area contributed by atoms with Crippen LogP contribution in [0.4, 0.5) is 4.79 Å². The summed E-state index contributed by atoms with van der Waals surface area (Å²) in [5.74, 6) is -2.89. The summed E-state index contributed by atoms with van der Waals surface area (Å²) in [5, 5.41) is 10.5. The van der Waals surface area contributed by atoms with E-state index < -0.39 is 35.7 Å². The highest BCUT2D eigenvalue weighted by molar-refractivity contribution is 6.24. The van der Waals surface area contributed by atoms with Crippen LogP contribution in [0.15, 0.2) is 70.9 Å². The van der Waals surface area contributed by atoms with Crippen LogP contribution in [0.25, 0.3) is 0 Å². The standard InChI is InChI=1S/C33H33N5O7/c39-27-18-22(21-6-2-1-3-7-21)19-28(40)25(27)20-34-12-13-35-14-16-36(17-15-35)33(45)38-29(41)11-10-26(32(38)44)37-30(42)23-8-4-5-9-24(23)31(37)43/h1-9,20,22,26,39H,10-19H2. The second kappa shape index (κ2) is 12.6. The van der Waals surface area contributed by atoms with Crippen molar-refractivity contribution in [2.75, 3.05) is 39.3 Å². The molecular weight excluding hydrogens is 578 g/mol. The molecule has 0 spiro atoms. The molecular formula is C33H33N5O7. The molecule has 2 saturated heterocycles. The highest BCUT2D eigenvalue weighted by Crippen LogP contribution is 2.33. The second-order valence-electron chi connectivity index (χ2n) is 11.6. The lowest BCUT2D eigenvalue weighted by Crippen LogP contribution is -2.62. The summed E-state index contributed by atoms with van der Waals surface area (Å²) in [4.78, 5) is 87.4. The summed E-state index contributed by atoms with van der Waals surface area (Å²) in [7, 11) is 0. The Morgan fingerprint density at radius 2 is 1.51 bits per heavy atom. The highest BCUT2D eigenvalue weighted by Gasteiger charge is 2.49. The number of nitrogens with zero attached hydrogens (tertiary/aromatic N) is 5. The van der Waals surface area contributed by atoms with Crippen LogP contribution in [0.1, 0.15) is 57.9 Å². The van der Waals surface area contributed by atoms with Crippen molar-refractivity contribution in [1.82, 2.24) is 19.6 Å². The molecule has 2 aromatic rings. The summed E-state index contributed by atoms with van der Waals surface area (Å²) in [6.45, 7) is 2.42. The van der Waals surface area contributed by atoms with Crippen LogP contribution in [0.2, 0.25) is 0 Å². The third-order valence-corrected chi connectivity index (χ3v) is 8.88. The molecule has 45 heavy (non-hydrogen) atoms. The molecule has 1 aliphatic carbocycles. The number of aliphatic imine (C=N–C) groups is 1. The summed E-state index contributed by atoms with van der Waals surface area (Å²) < 4.78 is 0. The number of Topliss-reactive ketones (excluding diaryl/α,β-unsaturated/α-hetero) is 1. The average molecular weight is 612 g/mol. The first-order valence-corrected chi connectivity index (χ1v) is 15.1. The minimum Gasteiger partial charge on any atom is -0.511 e. The largest absolute Gasteiger partial charge is 0.511 e. The fraction of sp³-hybridized carbons (Fsp3) is 0.364. The van der Waals surface area contributed by atoms with Gasteiger partial charge in [0.2, 0.25) is 5.91 Å². The fourth-order valence-corrected chi connectivity index (χ4v) is 6.38. The van der Waals surface area contributed by atoms with Crippen molar-refractivity contribution in [2.45, 2.75) is 37.6 Å². The summed E-state index contributed by atoms with van der Waals surface area (Å²) in [6, 6.07) is 13.9. The Bertz CT molecular complexity index is 1590. The SMILES string of the molecule is O=C1CC(c2ccccc2)CC(O)=C1C=NCCN1CCN(C(=O)N2C(=O)CCC(N3C(=O)c4ccccc4C3=O)C2=O)CC1. The fourth-order valence-electron chi connectivity index (χ4n) is 6.38. The number of amides is 6. The van der Waals surface area contributed by atoms with Crippen LogP contribution < -0.4 is 0 Å². The van der Waals surface area contributed by atoms with E-state index in [-0.39, 0.29) is 60.1 Å². The molecule has 12 nitrogen and oxygen atoms in total. The van der Waals surface area contributed by atoms with E-state index in [1.807, 2.05) is 30.3 Å². The number of carbonyl (C=O) groups excluding carboxylic acids is 6. The average Bonchev–Trinajstić information content (AvgIpc) is 3.30. The van der Waals surface area contributed by atoms with Gasteiger partial charge in [-0.2, -0.15) is 4.90 Å². The molecule has 6 amide bonds. The van der Waals surface area contributed by atoms with Gasteiger partial charge in [0.1, 0.15) is 11.8 Å². The number of aliphatic hydroxyl groups excluding tert-OH is 1. The van der Waals surface area contributed by atoms with E-state index in [1.54, 1.807) is 12.1 Å². The molecule has 2 atom stereocenters. The number of piperidine rings is 1. The quantitative estimate of drug-likeness (QED) is 0.387. The predicted octanol–water partition coefficient (Wildman–Crippen LogP) is 2.57. The zero-order valence-electron chi connectivity index (χ0n) is 24.6. The molecule has 3 heterocycles. The monoisotopic (exact) mass is 611 g/mol. The van der Waals surface area contributed by atoms with Crippen molar-refractivity contribution in [3.05, 3.63) is 82.6 Å². The Hall–Kier alpha value is -4.97. The number of benzene rings is 2. The van der Waals surface area contributed by atoms with Gasteiger partial charge in [-0.25, -0.2) is 4.79 Å². The summed E-state index contributed by atoms with van der Waals surface area (Å²) in [6.07, 6.45) is 1.96. The van der Waals surface area contributed by atoms with Crippen LogP contribution in [0.3, 0.4) is 0 Å². The number of imide groups is 4. The number of carbonyl (C=O) groups is 6. The molecule has 12 heteroatoms. The molecule has 3 aliphatic heterocycles. The number of ketones is 1. The maximum atomic E-state index is 13.4. The second-order valence-corrected chi connectivity index (χ2v) is 11.6. The number of aliphatic hydroxyl groups is 1. The number of allylic oxidation sites excluding steroid dienone is 2. The van der Waals surface area contributed by atoms with E-state index in [4.69, 9.17) is 0 Å². The van der Waals surface area contributed by atoms with Gasteiger partial charge in [0.05, 0.1) is 23.2 Å². The van der Waals surface area contributed by atoms with Crippen LogP contribution in [-0.4, -0.2) is 112 Å². The molecule has 6 rings (SSSR count). The number of fused-ring (bicyclic) bond motifs is 1. The number of rotatable bonds is 6. The molecule has 1 N–H and O–H groups in total. The van der Waals surface area contributed by atoms with Crippen LogP contribution in [-0.2, 0) is 14.4 Å². The van der Waals surface area contributed by atoms with Gasteiger partial charge in [-0.1, -0.05) is 42.5 Å². The van der Waals surface area contributed by atoms with Gasteiger partial charge in [-0.3, -0.25) is 38.8 Å². The Balaban J connectivity index is 1.01. The van der Waals surface area contributed by atoms with Crippen molar-refractivity contribution in [2.24, 2.45) is 4.99 Å². The minimum atomic E-state index is -1.23. The maximum Gasteiger partial charge on any atom is 0.333 e. The Kier molecular flexibility index (Phi) is 8.40. The van der Waals surface area contributed by atoms with Crippen LogP contribution >= 0.6 is 0 Å². The number of urea groups is 1. The minimum absolute atomic E-state index is 0.0326. The molecule has 0 bridgehead atoms. The summed E-state index contributed by atoms with van der Waals surface area (Å²) >= 11 is 0. The van der Waals surface area contributed by atoms with Crippen molar-refractivity contribution in [3.63, 3.8) is 0 Å².